The Morgan fingerprint density at radius 1 is 1.09 bits per heavy atom. The molecule has 0 aliphatic rings. The van der Waals surface area contributed by atoms with E-state index in [1.807, 2.05) is 0 Å². The van der Waals surface area contributed by atoms with Crippen LogP contribution in [0.4, 0.5) is 15.0 Å². The van der Waals surface area contributed by atoms with Gasteiger partial charge in [-0.15, -0.1) is 15.6 Å². The van der Waals surface area contributed by atoms with Crippen molar-refractivity contribution in [2.24, 2.45) is 0 Å². The Labute approximate surface area is 268 Å². The van der Waals surface area contributed by atoms with Crippen LogP contribution >= 0.6 is 34.5 Å². The molecule has 0 atom stereocenters. The number of sulfonamides is 1. The van der Waals surface area contributed by atoms with E-state index in [-0.39, 0.29) is 45.6 Å². The maximum atomic E-state index is 15.5. The fraction of sp³-hybridized carbons (Fsp3) is 0.357. The Kier molecular flexibility index (Phi) is 11.6. The molecular weight excluding hydrogens is 660 g/mol. The van der Waals surface area contributed by atoms with Gasteiger partial charge >= 0.3 is 12.1 Å². The Morgan fingerprint density at radius 3 is 2.39 bits per heavy atom. The number of thiazole rings is 1. The highest BCUT2D eigenvalue weighted by molar-refractivity contribution is 7.93. The van der Waals surface area contributed by atoms with Crippen LogP contribution in [0.2, 0.25) is 10.0 Å². The molecule has 3 rings (SSSR count). The van der Waals surface area contributed by atoms with Gasteiger partial charge in [0.2, 0.25) is 5.91 Å². The second-order valence-corrected chi connectivity index (χ2v) is 13.6. The van der Waals surface area contributed by atoms with E-state index < -0.39 is 38.4 Å². The molecule has 0 saturated heterocycles. The third kappa shape index (κ3) is 9.03. The van der Waals surface area contributed by atoms with Gasteiger partial charge in [0, 0.05) is 29.9 Å². The molecule has 0 N–H and O–H groups in total. The van der Waals surface area contributed by atoms with Crippen LogP contribution in [0.3, 0.4) is 0 Å². The van der Waals surface area contributed by atoms with Crippen molar-refractivity contribution >= 4 is 68.3 Å². The molecule has 238 valence electrons. The van der Waals surface area contributed by atoms with Crippen LogP contribution in [0.1, 0.15) is 39.7 Å². The molecule has 0 bridgehead atoms. The fourth-order valence-electron chi connectivity index (χ4n) is 3.80. The molecule has 0 unspecified atom stereocenters. The first-order valence-electron chi connectivity index (χ1n) is 13.0. The minimum atomic E-state index is -4.88. The zero-order valence-corrected chi connectivity index (χ0v) is 27.6. The predicted octanol–water partition coefficient (Wildman–Crippen LogP) is 6.47. The molecule has 3 aromatic rings. The van der Waals surface area contributed by atoms with Gasteiger partial charge in [-0.1, -0.05) is 23.2 Å². The maximum absolute atomic E-state index is 15.5. The first-order valence-corrected chi connectivity index (χ1v) is 16.1. The number of ether oxygens (including phenoxy) is 3. The topological polar surface area (TPSA) is 132 Å². The number of rotatable bonds is 11. The molecule has 11 nitrogen and oxygen atoms in total. The molecule has 0 radical (unpaired) electrons. The van der Waals surface area contributed by atoms with Crippen LogP contribution in [0, 0.1) is 5.82 Å². The summed E-state index contributed by atoms with van der Waals surface area (Å²) in [4.78, 5) is 40.8. The van der Waals surface area contributed by atoms with Gasteiger partial charge in [-0.05, 0) is 63.4 Å². The largest absolute Gasteiger partial charge is 0.468 e. The number of aryl methyl sites for hydroxylation is 1. The number of esters is 1. The quantitative estimate of drug-likeness (QED) is 0.208. The highest BCUT2D eigenvalue weighted by atomic mass is 35.5. The molecule has 0 aliphatic heterocycles. The summed E-state index contributed by atoms with van der Waals surface area (Å²) in [5.74, 6) is -2.36. The van der Waals surface area contributed by atoms with Gasteiger partial charge in [0.15, 0.2) is 5.82 Å². The summed E-state index contributed by atoms with van der Waals surface area (Å²) in [5, 5.41) is 1.41. The minimum Gasteiger partial charge on any atom is -0.468 e. The van der Waals surface area contributed by atoms with Crippen LogP contribution in [0.25, 0.3) is 0 Å². The van der Waals surface area contributed by atoms with Crippen molar-refractivity contribution in [3.05, 3.63) is 62.6 Å². The van der Waals surface area contributed by atoms with Crippen LogP contribution < -0.4 is 9.04 Å². The fourth-order valence-corrected chi connectivity index (χ4v) is 6.19. The summed E-state index contributed by atoms with van der Waals surface area (Å²) in [6, 6.07) is 6.30. The average molecular weight is 691 g/mol. The summed E-state index contributed by atoms with van der Waals surface area (Å²) < 4.78 is 58.7. The van der Waals surface area contributed by atoms with Crippen LogP contribution in [-0.4, -0.2) is 62.1 Å². The standard InChI is InChI=1S/C28H30Cl2FN3O8S2/c1-17(35)33(14-26(36)40-5)10-6-7-18-11-19(29)8-9-22(18)41-23-13-21(31)24(12-20(23)30)44(38,39)34(25-15-43-16-32-25)27(37)42-28(2,3)4/h8-9,11-13,15-16H,6-7,10,14H2,1-5H3. The van der Waals surface area contributed by atoms with Gasteiger partial charge in [-0.25, -0.2) is 22.6 Å². The van der Waals surface area contributed by atoms with E-state index in [1.54, 1.807) is 26.8 Å². The van der Waals surface area contributed by atoms with E-state index in [0.29, 0.717) is 23.4 Å². The van der Waals surface area contributed by atoms with Crippen molar-refractivity contribution in [1.82, 2.24) is 9.88 Å². The molecule has 16 heteroatoms. The third-order valence-corrected chi connectivity index (χ3v) is 8.59. The van der Waals surface area contributed by atoms with Crippen LogP contribution in [0.15, 0.2) is 46.1 Å². The minimum absolute atomic E-state index is 0.206. The van der Waals surface area contributed by atoms with Crippen molar-refractivity contribution in [2.75, 3.05) is 24.5 Å². The van der Waals surface area contributed by atoms with E-state index in [2.05, 4.69) is 9.72 Å². The van der Waals surface area contributed by atoms with Gasteiger partial charge in [-0.2, -0.15) is 0 Å². The molecule has 0 aliphatic carbocycles. The number of hydrogen-bond donors (Lipinski definition) is 0. The number of carbonyl (C=O) groups is 3. The number of amides is 2. The Morgan fingerprint density at radius 2 is 1.80 bits per heavy atom. The molecule has 1 aromatic heterocycles. The highest BCUT2D eigenvalue weighted by Gasteiger charge is 2.38. The lowest BCUT2D eigenvalue weighted by molar-refractivity contribution is -0.146. The number of benzene rings is 2. The van der Waals surface area contributed by atoms with Gasteiger partial charge in [-0.3, -0.25) is 9.59 Å². The Balaban J connectivity index is 1.90. The van der Waals surface area contributed by atoms with E-state index in [1.165, 1.54) is 42.0 Å². The van der Waals surface area contributed by atoms with Crippen molar-refractivity contribution in [2.45, 2.75) is 51.0 Å². The van der Waals surface area contributed by atoms with E-state index in [0.717, 1.165) is 23.5 Å². The molecule has 1 heterocycles. The molecule has 2 aromatic carbocycles. The molecule has 0 saturated carbocycles. The Bertz CT molecular complexity index is 1630. The second-order valence-electron chi connectivity index (χ2n) is 10.3. The lowest BCUT2D eigenvalue weighted by Crippen LogP contribution is -2.41. The van der Waals surface area contributed by atoms with Crippen molar-refractivity contribution in [3.63, 3.8) is 0 Å². The first-order chi connectivity index (χ1) is 20.5. The molecule has 0 spiro atoms. The van der Waals surface area contributed by atoms with Gasteiger partial charge < -0.3 is 19.1 Å². The Hall–Kier alpha value is -3.46. The number of aromatic nitrogens is 1. The van der Waals surface area contributed by atoms with Gasteiger partial charge in [0.05, 0.1) is 17.6 Å². The second kappa shape index (κ2) is 14.5. The SMILES string of the molecule is COC(=O)CN(CCCc1cc(Cl)ccc1Oc1cc(F)c(S(=O)(=O)N(C(=O)OC(C)(C)C)c2cscn2)cc1Cl)C(C)=O. The van der Waals surface area contributed by atoms with Crippen LogP contribution in [0.5, 0.6) is 11.5 Å². The summed E-state index contributed by atoms with van der Waals surface area (Å²) in [7, 11) is -3.66. The van der Waals surface area contributed by atoms with Crippen molar-refractivity contribution < 1.29 is 41.4 Å². The van der Waals surface area contributed by atoms with Crippen molar-refractivity contribution in [3.8, 4) is 11.5 Å². The lowest BCUT2D eigenvalue weighted by Gasteiger charge is -2.26. The molecule has 2 amide bonds. The monoisotopic (exact) mass is 689 g/mol. The smallest absolute Gasteiger partial charge is 0.430 e. The normalized spacial score (nSPS) is 11.5. The number of hydrogen-bond acceptors (Lipinski definition) is 10. The zero-order chi connectivity index (χ0) is 32.8. The summed E-state index contributed by atoms with van der Waals surface area (Å²) in [5.41, 5.74) is 0.826. The molecule has 0 fully saturated rings. The predicted molar refractivity (Wildman–Crippen MR) is 164 cm³/mol. The number of methoxy groups -OCH3 is 1. The van der Waals surface area contributed by atoms with Gasteiger partial charge in [0.1, 0.15) is 34.4 Å². The van der Waals surface area contributed by atoms with Gasteiger partial charge in [0.25, 0.3) is 10.0 Å². The number of anilines is 1. The van der Waals surface area contributed by atoms with E-state index in [9.17, 15) is 22.8 Å². The van der Waals surface area contributed by atoms with E-state index in [4.69, 9.17) is 32.7 Å². The number of carbonyl (C=O) groups excluding carboxylic acids is 3. The summed E-state index contributed by atoms with van der Waals surface area (Å²) in [6.07, 6.45) is -0.532. The summed E-state index contributed by atoms with van der Waals surface area (Å²) >= 11 is 13.6. The molecular formula is C28H30Cl2FN3O8S2. The third-order valence-electron chi connectivity index (χ3n) is 5.80. The lowest BCUT2D eigenvalue weighted by atomic mass is 10.1. The summed E-state index contributed by atoms with van der Waals surface area (Å²) in [6.45, 7) is 6.00. The molecule has 44 heavy (non-hydrogen) atoms. The number of halogens is 3. The maximum Gasteiger partial charge on any atom is 0.430 e. The zero-order valence-electron chi connectivity index (χ0n) is 24.4. The highest BCUT2D eigenvalue weighted by Crippen LogP contribution is 2.37. The van der Waals surface area contributed by atoms with Crippen LogP contribution in [-0.2, 0) is 35.5 Å². The average Bonchev–Trinajstić information content (AvgIpc) is 3.43. The first kappa shape index (κ1) is 35.0. The van der Waals surface area contributed by atoms with Crippen molar-refractivity contribution in [1.29, 1.82) is 0 Å². The number of nitrogens with zero attached hydrogens (tertiary/aromatic N) is 3. The van der Waals surface area contributed by atoms with E-state index >= 15 is 4.39 Å².